The average molecular weight is 239 g/mol. The van der Waals surface area contributed by atoms with E-state index in [1.807, 2.05) is 0 Å². The summed E-state index contributed by atoms with van der Waals surface area (Å²) < 4.78 is 5.05. The number of nitrogens with two attached hydrogens (primary N) is 1. The van der Waals surface area contributed by atoms with E-state index in [4.69, 9.17) is 10.3 Å². The fourth-order valence-electron chi connectivity index (χ4n) is 2.55. The summed E-state index contributed by atoms with van der Waals surface area (Å²) >= 11 is 0. The number of hydrogen-bond donors (Lipinski definition) is 2. The predicted octanol–water partition coefficient (Wildman–Crippen LogP) is 1.75. The molecule has 1 heterocycles. The molecule has 17 heavy (non-hydrogen) atoms. The molecule has 96 valence electrons. The molecule has 0 aromatic carbocycles. The van der Waals surface area contributed by atoms with Crippen molar-refractivity contribution in [1.82, 2.24) is 10.1 Å². The van der Waals surface area contributed by atoms with Gasteiger partial charge >= 0.3 is 0 Å². The summed E-state index contributed by atoms with van der Waals surface area (Å²) in [6.45, 7) is 2.34. The van der Waals surface area contributed by atoms with Gasteiger partial charge in [0.2, 0.25) is 0 Å². The first-order chi connectivity index (χ1) is 8.24. The van der Waals surface area contributed by atoms with Crippen LogP contribution in [-0.2, 0) is 0 Å². The van der Waals surface area contributed by atoms with Crippen LogP contribution in [0.15, 0.2) is 4.52 Å². The minimum Gasteiger partial charge on any atom is -0.382 e. The Labute approximate surface area is 101 Å². The zero-order valence-corrected chi connectivity index (χ0v) is 10.3. The third kappa shape index (κ3) is 2.84. The molecule has 1 fully saturated rings. The standard InChI is InChI=1S/C12H21N3O2/c1-2-8-4-3-5-9(6-8)11-14-12(17-15-11)10(16)7-13/h8-10,16H,2-7,13H2,1H3. The van der Waals surface area contributed by atoms with E-state index in [1.54, 1.807) is 0 Å². The molecule has 1 aromatic heterocycles. The molecular weight excluding hydrogens is 218 g/mol. The maximum atomic E-state index is 9.52. The smallest absolute Gasteiger partial charge is 0.256 e. The minimum atomic E-state index is -0.832. The normalized spacial score (nSPS) is 27.0. The Morgan fingerprint density at radius 1 is 1.53 bits per heavy atom. The summed E-state index contributed by atoms with van der Waals surface area (Å²) in [7, 11) is 0. The van der Waals surface area contributed by atoms with Crippen molar-refractivity contribution in [2.45, 2.75) is 51.0 Å². The van der Waals surface area contributed by atoms with Gasteiger partial charge < -0.3 is 15.4 Å². The highest BCUT2D eigenvalue weighted by atomic mass is 16.5. The number of aromatic nitrogens is 2. The second-order valence-corrected chi connectivity index (χ2v) is 4.88. The number of nitrogens with zero attached hydrogens (tertiary/aromatic N) is 2. The lowest BCUT2D eigenvalue weighted by Crippen LogP contribution is -2.15. The van der Waals surface area contributed by atoms with Gasteiger partial charge in [-0.1, -0.05) is 31.3 Å². The van der Waals surface area contributed by atoms with E-state index in [9.17, 15) is 5.11 Å². The Morgan fingerprint density at radius 2 is 2.35 bits per heavy atom. The summed E-state index contributed by atoms with van der Waals surface area (Å²) in [5, 5.41) is 13.5. The van der Waals surface area contributed by atoms with Gasteiger partial charge in [0.1, 0.15) is 6.10 Å². The Kier molecular flexibility index (Phi) is 4.12. The molecule has 5 nitrogen and oxygen atoms in total. The van der Waals surface area contributed by atoms with Gasteiger partial charge in [0.05, 0.1) is 0 Å². The molecule has 0 spiro atoms. The maximum absolute atomic E-state index is 9.52. The molecule has 0 radical (unpaired) electrons. The van der Waals surface area contributed by atoms with E-state index in [-0.39, 0.29) is 12.4 Å². The highest BCUT2D eigenvalue weighted by Crippen LogP contribution is 2.36. The van der Waals surface area contributed by atoms with Crippen molar-refractivity contribution in [2.24, 2.45) is 11.7 Å². The van der Waals surface area contributed by atoms with E-state index in [0.717, 1.165) is 24.6 Å². The molecule has 1 saturated carbocycles. The van der Waals surface area contributed by atoms with Crippen LogP contribution in [0.2, 0.25) is 0 Å². The van der Waals surface area contributed by atoms with Crippen LogP contribution in [0.4, 0.5) is 0 Å². The second-order valence-electron chi connectivity index (χ2n) is 4.88. The highest BCUT2D eigenvalue weighted by molar-refractivity contribution is 4.99. The Bertz CT molecular complexity index is 353. The van der Waals surface area contributed by atoms with Crippen LogP contribution in [0.3, 0.4) is 0 Å². The molecular formula is C12H21N3O2. The van der Waals surface area contributed by atoms with Crippen LogP contribution in [-0.4, -0.2) is 21.8 Å². The molecule has 3 N–H and O–H groups in total. The number of hydrogen-bond acceptors (Lipinski definition) is 5. The van der Waals surface area contributed by atoms with E-state index in [2.05, 4.69) is 17.1 Å². The summed E-state index contributed by atoms with van der Waals surface area (Å²) in [5.41, 5.74) is 5.36. The molecule has 0 aliphatic heterocycles. The molecule has 0 saturated heterocycles. The first-order valence-electron chi connectivity index (χ1n) is 6.46. The predicted molar refractivity (Wildman–Crippen MR) is 63.3 cm³/mol. The summed E-state index contributed by atoms with van der Waals surface area (Å²) in [6.07, 6.45) is 5.17. The van der Waals surface area contributed by atoms with Crippen LogP contribution in [0, 0.1) is 5.92 Å². The fourth-order valence-corrected chi connectivity index (χ4v) is 2.55. The van der Waals surface area contributed by atoms with Gasteiger partial charge in [-0.2, -0.15) is 4.98 Å². The molecule has 0 bridgehead atoms. The molecule has 0 amide bonds. The Morgan fingerprint density at radius 3 is 3.06 bits per heavy atom. The quantitative estimate of drug-likeness (QED) is 0.836. The molecule has 5 heteroatoms. The van der Waals surface area contributed by atoms with Crippen LogP contribution in [0.5, 0.6) is 0 Å². The molecule has 2 rings (SSSR count). The van der Waals surface area contributed by atoms with Gasteiger partial charge in [-0.25, -0.2) is 0 Å². The Balaban J connectivity index is 2.04. The van der Waals surface area contributed by atoms with E-state index < -0.39 is 6.10 Å². The first-order valence-corrected chi connectivity index (χ1v) is 6.46. The zero-order valence-electron chi connectivity index (χ0n) is 10.3. The number of aliphatic hydroxyl groups is 1. The molecule has 3 atom stereocenters. The molecule has 3 unspecified atom stereocenters. The maximum Gasteiger partial charge on any atom is 0.256 e. The summed E-state index contributed by atoms with van der Waals surface area (Å²) in [6, 6.07) is 0. The van der Waals surface area contributed by atoms with Crippen molar-refractivity contribution < 1.29 is 9.63 Å². The van der Waals surface area contributed by atoms with Gasteiger partial charge in [0.15, 0.2) is 5.82 Å². The summed E-state index contributed by atoms with van der Waals surface area (Å²) in [5.74, 6) is 2.15. The third-order valence-electron chi connectivity index (χ3n) is 3.69. The third-order valence-corrected chi connectivity index (χ3v) is 3.69. The van der Waals surface area contributed by atoms with Gasteiger partial charge in [0, 0.05) is 12.5 Å². The van der Waals surface area contributed by atoms with Crippen molar-refractivity contribution in [3.63, 3.8) is 0 Å². The van der Waals surface area contributed by atoms with E-state index >= 15 is 0 Å². The van der Waals surface area contributed by atoms with Crippen LogP contribution in [0.1, 0.15) is 62.8 Å². The lowest BCUT2D eigenvalue weighted by atomic mass is 9.80. The highest BCUT2D eigenvalue weighted by Gasteiger charge is 2.26. The topological polar surface area (TPSA) is 85.2 Å². The lowest BCUT2D eigenvalue weighted by Gasteiger charge is -2.26. The number of rotatable bonds is 4. The van der Waals surface area contributed by atoms with Crippen molar-refractivity contribution in [1.29, 1.82) is 0 Å². The Hall–Kier alpha value is -0.940. The monoisotopic (exact) mass is 239 g/mol. The van der Waals surface area contributed by atoms with E-state index in [0.29, 0.717) is 5.92 Å². The van der Waals surface area contributed by atoms with E-state index in [1.165, 1.54) is 19.3 Å². The minimum absolute atomic E-state index is 0.115. The van der Waals surface area contributed by atoms with Crippen molar-refractivity contribution >= 4 is 0 Å². The van der Waals surface area contributed by atoms with Crippen LogP contribution < -0.4 is 5.73 Å². The lowest BCUT2D eigenvalue weighted by molar-refractivity contribution is 0.141. The fraction of sp³-hybridized carbons (Fsp3) is 0.833. The molecule has 1 aromatic rings. The van der Waals surface area contributed by atoms with Crippen molar-refractivity contribution in [3.05, 3.63) is 11.7 Å². The second kappa shape index (κ2) is 5.60. The van der Waals surface area contributed by atoms with Gasteiger partial charge in [0.25, 0.3) is 5.89 Å². The largest absolute Gasteiger partial charge is 0.382 e. The zero-order chi connectivity index (χ0) is 12.3. The van der Waals surface area contributed by atoms with Gasteiger partial charge in [-0.3, -0.25) is 0 Å². The first kappa shape index (κ1) is 12.5. The van der Waals surface area contributed by atoms with Crippen LogP contribution >= 0.6 is 0 Å². The molecule has 1 aliphatic carbocycles. The van der Waals surface area contributed by atoms with Crippen molar-refractivity contribution in [3.8, 4) is 0 Å². The summed E-state index contributed by atoms with van der Waals surface area (Å²) in [4.78, 5) is 4.27. The number of aliphatic hydroxyl groups excluding tert-OH is 1. The van der Waals surface area contributed by atoms with Gasteiger partial charge in [-0.05, 0) is 18.8 Å². The average Bonchev–Trinajstić information content (AvgIpc) is 2.87. The SMILES string of the molecule is CCC1CCCC(c2noc(C(O)CN)n2)C1. The molecule has 1 aliphatic rings. The van der Waals surface area contributed by atoms with Gasteiger partial charge in [-0.15, -0.1) is 0 Å². The van der Waals surface area contributed by atoms with Crippen molar-refractivity contribution in [2.75, 3.05) is 6.54 Å². The van der Waals surface area contributed by atoms with Crippen LogP contribution in [0.25, 0.3) is 0 Å².